The molecule has 0 aliphatic heterocycles. The maximum atomic E-state index is 12.4. The minimum absolute atomic E-state index is 0.190. The first-order chi connectivity index (χ1) is 10.5. The predicted octanol–water partition coefficient (Wildman–Crippen LogP) is 1.26. The van der Waals surface area contributed by atoms with Gasteiger partial charge in [0.2, 0.25) is 0 Å². The van der Waals surface area contributed by atoms with Crippen molar-refractivity contribution in [1.29, 1.82) is 0 Å². The second-order valence-electron chi connectivity index (χ2n) is 5.21. The molecule has 0 aliphatic rings. The number of aromatic nitrogens is 2. The van der Waals surface area contributed by atoms with Gasteiger partial charge in [0.15, 0.2) is 5.69 Å². The summed E-state index contributed by atoms with van der Waals surface area (Å²) in [6.07, 6.45) is -0.712. The molecule has 6 heteroatoms. The van der Waals surface area contributed by atoms with Crippen LogP contribution in [0, 0.1) is 6.92 Å². The molecule has 1 amide bonds. The fourth-order valence-corrected chi connectivity index (χ4v) is 2.25. The van der Waals surface area contributed by atoms with E-state index in [-0.39, 0.29) is 19.1 Å². The smallest absolute Gasteiger partial charge is 0.274 e. The molecule has 1 aromatic heterocycles. The van der Waals surface area contributed by atoms with Gasteiger partial charge in [0, 0.05) is 26.4 Å². The molecular formula is C16H21N3O3. The van der Waals surface area contributed by atoms with E-state index in [1.54, 1.807) is 17.8 Å². The van der Waals surface area contributed by atoms with Crippen LogP contribution in [0.3, 0.4) is 0 Å². The molecule has 0 saturated carbocycles. The van der Waals surface area contributed by atoms with Crippen LogP contribution in [0.5, 0.6) is 0 Å². The summed E-state index contributed by atoms with van der Waals surface area (Å²) in [4.78, 5) is 13.8. The van der Waals surface area contributed by atoms with Crippen LogP contribution in [0.25, 0.3) is 5.69 Å². The van der Waals surface area contributed by atoms with Gasteiger partial charge in [-0.15, -0.1) is 0 Å². The van der Waals surface area contributed by atoms with Gasteiger partial charge < -0.3 is 14.7 Å². The van der Waals surface area contributed by atoms with Crippen molar-refractivity contribution in [3.8, 4) is 5.69 Å². The van der Waals surface area contributed by atoms with E-state index in [9.17, 15) is 9.90 Å². The Morgan fingerprint density at radius 1 is 1.41 bits per heavy atom. The predicted molar refractivity (Wildman–Crippen MR) is 83.1 cm³/mol. The molecule has 1 heterocycles. The molecule has 0 spiro atoms. The number of amides is 1. The number of ether oxygens (including phenoxy) is 1. The van der Waals surface area contributed by atoms with Gasteiger partial charge in [0.05, 0.1) is 18.4 Å². The molecule has 0 fully saturated rings. The van der Waals surface area contributed by atoms with Crippen LogP contribution in [-0.2, 0) is 4.74 Å². The maximum absolute atomic E-state index is 12.4. The second kappa shape index (κ2) is 7.20. The molecule has 2 aromatic rings. The van der Waals surface area contributed by atoms with E-state index >= 15 is 0 Å². The Balaban J connectivity index is 2.14. The number of aryl methyl sites for hydroxylation is 1. The van der Waals surface area contributed by atoms with E-state index in [1.165, 1.54) is 12.0 Å². The molecule has 2 rings (SSSR count). The lowest BCUT2D eigenvalue weighted by Crippen LogP contribution is -2.36. The lowest BCUT2D eigenvalue weighted by Gasteiger charge is -2.19. The maximum Gasteiger partial charge on any atom is 0.274 e. The van der Waals surface area contributed by atoms with Gasteiger partial charge in [-0.1, -0.05) is 18.2 Å². The minimum atomic E-state index is -0.712. The van der Waals surface area contributed by atoms with Gasteiger partial charge in [-0.05, 0) is 25.1 Å². The third kappa shape index (κ3) is 3.72. The van der Waals surface area contributed by atoms with Crippen molar-refractivity contribution in [2.45, 2.75) is 13.0 Å². The van der Waals surface area contributed by atoms with Crippen molar-refractivity contribution >= 4 is 5.91 Å². The summed E-state index contributed by atoms with van der Waals surface area (Å²) in [6, 6.07) is 11.4. The van der Waals surface area contributed by atoms with Crippen LogP contribution in [0.15, 0.2) is 36.4 Å². The molecule has 0 radical (unpaired) electrons. The summed E-state index contributed by atoms with van der Waals surface area (Å²) in [5.74, 6) is -0.229. The van der Waals surface area contributed by atoms with Crippen LogP contribution >= 0.6 is 0 Å². The first-order valence-electron chi connectivity index (χ1n) is 7.07. The Bertz CT molecular complexity index is 625. The lowest BCUT2D eigenvalue weighted by molar-refractivity contribution is 0.0377. The summed E-state index contributed by atoms with van der Waals surface area (Å²) in [5.41, 5.74) is 2.13. The second-order valence-corrected chi connectivity index (χ2v) is 5.21. The number of likely N-dealkylation sites (N-methyl/N-ethyl adjacent to an activating group) is 1. The summed E-state index contributed by atoms with van der Waals surface area (Å²) < 4.78 is 6.59. The Morgan fingerprint density at radius 2 is 2.09 bits per heavy atom. The van der Waals surface area contributed by atoms with Gasteiger partial charge in [-0.3, -0.25) is 4.79 Å². The zero-order valence-corrected chi connectivity index (χ0v) is 13.1. The number of methoxy groups -OCH3 is 1. The average Bonchev–Trinajstić information content (AvgIpc) is 2.89. The highest BCUT2D eigenvalue weighted by molar-refractivity contribution is 5.92. The highest BCUT2D eigenvalue weighted by Crippen LogP contribution is 2.13. The van der Waals surface area contributed by atoms with E-state index in [1.807, 2.05) is 37.3 Å². The largest absolute Gasteiger partial charge is 0.389 e. The molecule has 118 valence electrons. The molecule has 0 bridgehead atoms. The fourth-order valence-electron chi connectivity index (χ4n) is 2.25. The van der Waals surface area contributed by atoms with Crippen LogP contribution in [-0.4, -0.2) is 59.1 Å². The molecule has 1 N–H and O–H groups in total. The number of carbonyl (C=O) groups excluding carboxylic acids is 1. The lowest BCUT2D eigenvalue weighted by atomic mass is 10.3. The number of aliphatic hydroxyl groups is 1. The standard InChI is InChI=1S/C16H21N3O3/c1-12-9-15(16(21)18(2)10-14(20)11-22-3)17-19(12)13-7-5-4-6-8-13/h4-9,14,20H,10-11H2,1-3H3. The molecule has 22 heavy (non-hydrogen) atoms. The van der Waals surface area contributed by atoms with Crippen molar-refractivity contribution in [2.24, 2.45) is 0 Å². The minimum Gasteiger partial charge on any atom is -0.389 e. The quantitative estimate of drug-likeness (QED) is 0.872. The summed E-state index contributed by atoms with van der Waals surface area (Å²) >= 11 is 0. The molecule has 1 aromatic carbocycles. The van der Waals surface area contributed by atoms with E-state index in [4.69, 9.17) is 4.74 Å². The number of hydrogen-bond acceptors (Lipinski definition) is 4. The number of rotatable bonds is 6. The van der Waals surface area contributed by atoms with Crippen molar-refractivity contribution in [1.82, 2.24) is 14.7 Å². The third-order valence-corrected chi connectivity index (χ3v) is 3.30. The number of benzene rings is 1. The normalized spacial score (nSPS) is 12.2. The molecular weight excluding hydrogens is 282 g/mol. The van der Waals surface area contributed by atoms with E-state index in [2.05, 4.69) is 5.10 Å². The summed E-state index contributed by atoms with van der Waals surface area (Å²) in [7, 11) is 3.15. The van der Waals surface area contributed by atoms with E-state index < -0.39 is 6.10 Å². The van der Waals surface area contributed by atoms with Crippen molar-refractivity contribution in [3.05, 3.63) is 47.8 Å². The first kappa shape index (κ1) is 16.2. The number of nitrogens with zero attached hydrogens (tertiary/aromatic N) is 3. The monoisotopic (exact) mass is 303 g/mol. The van der Waals surface area contributed by atoms with E-state index in [0.717, 1.165) is 11.4 Å². The van der Waals surface area contributed by atoms with Crippen LogP contribution in [0.2, 0.25) is 0 Å². The van der Waals surface area contributed by atoms with Gasteiger partial charge in [-0.2, -0.15) is 5.10 Å². The van der Waals surface area contributed by atoms with Gasteiger partial charge in [0.25, 0.3) is 5.91 Å². The number of aliphatic hydroxyl groups excluding tert-OH is 1. The number of para-hydroxylation sites is 1. The highest BCUT2D eigenvalue weighted by Gasteiger charge is 2.19. The number of hydrogen-bond donors (Lipinski definition) is 1. The van der Waals surface area contributed by atoms with Crippen molar-refractivity contribution in [3.63, 3.8) is 0 Å². The van der Waals surface area contributed by atoms with Gasteiger partial charge in [0.1, 0.15) is 0 Å². The zero-order chi connectivity index (χ0) is 16.1. The molecule has 0 aliphatic carbocycles. The molecule has 1 atom stereocenters. The topological polar surface area (TPSA) is 67.6 Å². The Kier molecular flexibility index (Phi) is 5.30. The Morgan fingerprint density at radius 3 is 2.73 bits per heavy atom. The Hall–Kier alpha value is -2.18. The average molecular weight is 303 g/mol. The Labute approximate surface area is 129 Å². The number of carbonyl (C=O) groups is 1. The first-order valence-corrected chi connectivity index (χ1v) is 7.07. The fraction of sp³-hybridized carbons (Fsp3) is 0.375. The van der Waals surface area contributed by atoms with Gasteiger partial charge >= 0.3 is 0 Å². The summed E-state index contributed by atoms with van der Waals surface area (Å²) in [6.45, 7) is 2.29. The molecule has 1 unspecified atom stereocenters. The molecule has 6 nitrogen and oxygen atoms in total. The highest BCUT2D eigenvalue weighted by atomic mass is 16.5. The van der Waals surface area contributed by atoms with Crippen LogP contribution < -0.4 is 0 Å². The van der Waals surface area contributed by atoms with Crippen molar-refractivity contribution in [2.75, 3.05) is 27.3 Å². The summed E-state index contributed by atoms with van der Waals surface area (Å²) in [5, 5.41) is 14.1. The van der Waals surface area contributed by atoms with Crippen LogP contribution in [0.4, 0.5) is 0 Å². The molecule has 0 saturated heterocycles. The van der Waals surface area contributed by atoms with E-state index in [0.29, 0.717) is 5.69 Å². The zero-order valence-electron chi connectivity index (χ0n) is 13.1. The third-order valence-electron chi connectivity index (χ3n) is 3.30. The SMILES string of the molecule is COCC(O)CN(C)C(=O)c1cc(C)n(-c2ccccc2)n1. The van der Waals surface area contributed by atoms with Crippen molar-refractivity contribution < 1.29 is 14.6 Å². The van der Waals surface area contributed by atoms with Gasteiger partial charge in [-0.25, -0.2) is 4.68 Å². The van der Waals surface area contributed by atoms with Crippen LogP contribution in [0.1, 0.15) is 16.2 Å².